The van der Waals surface area contributed by atoms with Crippen LogP contribution in [-0.4, -0.2) is 57.0 Å². The number of hydrogen-bond acceptors (Lipinski definition) is 7. The van der Waals surface area contributed by atoms with Crippen LogP contribution in [0, 0.1) is 0 Å². The molecule has 1 aromatic carbocycles. The van der Waals surface area contributed by atoms with E-state index in [1.165, 1.54) is 18.4 Å². The van der Waals surface area contributed by atoms with E-state index in [9.17, 15) is 18.0 Å². The molecule has 0 saturated carbocycles. The molecule has 2 aliphatic rings. The summed E-state index contributed by atoms with van der Waals surface area (Å²) in [5.74, 6) is -0.270. The van der Waals surface area contributed by atoms with E-state index in [0.29, 0.717) is 6.54 Å². The number of nitrogens with zero attached hydrogens (tertiary/aromatic N) is 2. The molecule has 0 bridgehead atoms. The van der Waals surface area contributed by atoms with E-state index in [-0.39, 0.29) is 23.7 Å². The van der Waals surface area contributed by atoms with Crippen molar-refractivity contribution < 1.29 is 27.5 Å². The van der Waals surface area contributed by atoms with Gasteiger partial charge in [-0.3, -0.25) is 4.79 Å². The summed E-state index contributed by atoms with van der Waals surface area (Å²) in [7, 11) is -1.88. The average Bonchev–Trinajstić information content (AvgIpc) is 2.69. The number of amides is 1. The molecule has 148 valence electrons. The number of methoxy groups -OCH3 is 1. The monoisotopic (exact) mass is 405 g/mol. The van der Waals surface area contributed by atoms with Crippen LogP contribution in [0.15, 0.2) is 52.6 Å². The van der Waals surface area contributed by atoms with Crippen LogP contribution in [0.3, 0.4) is 0 Å². The zero-order chi connectivity index (χ0) is 20.1. The highest BCUT2D eigenvalue weighted by molar-refractivity contribution is 7.90. The van der Waals surface area contributed by atoms with Gasteiger partial charge >= 0.3 is 5.97 Å². The van der Waals surface area contributed by atoms with Crippen molar-refractivity contribution in [1.29, 1.82) is 0 Å². The summed E-state index contributed by atoms with van der Waals surface area (Å²) in [5.41, 5.74) is 1.09. The standard InChI is InChI=1S/C18H19N3O6S/c1-26-15-5-2-13(3-6-15)10-19-17(22)12-27-18(23)14-4-7-16-20-28(24,25)9-8-21(16)11-14/h2-7,11H,8-10,12H2,1H3,(H,19,22). The summed E-state index contributed by atoms with van der Waals surface area (Å²) in [6.07, 6.45) is 4.30. The van der Waals surface area contributed by atoms with Gasteiger partial charge in [-0.1, -0.05) is 12.1 Å². The average molecular weight is 405 g/mol. The second kappa shape index (κ2) is 8.26. The van der Waals surface area contributed by atoms with Gasteiger partial charge in [-0.25, -0.2) is 13.2 Å². The second-order valence-electron chi connectivity index (χ2n) is 6.05. The molecule has 0 unspecified atom stereocenters. The quantitative estimate of drug-likeness (QED) is 0.679. The van der Waals surface area contributed by atoms with E-state index in [1.807, 2.05) is 12.1 Å². The Morgan fingerprint density at radius 1 is 1.21 bits per heavy atom. The Hall–Kier alpha value is -3.14. The first-order chi connectivity index (χ1) is 13.4. The summed E-state index contributed by atoms with van der Waals surface area (Å²) < 4.78 is 36.7. The Balaban J connectivity index is 1.48. The van der Waals surface area contributed by atoms with Gasteiger partial charge in [0.1, 0.15) is 11.6 Å². The molecule has 0 aromatic heterocycles. The van der Waals surface area contributed by atoms with E-state index in [4.69, 9.17) is 9.47 Å². The number of esters is 1. The van der Waals surface area contributed by atoms with Crippen molar-refractivity contribution in [2.45, 2.75) is 6.54 Å². The lowest BCUT2D eigenvalue weighted by atomic mass is 10.2. The van der Waals surface area contributed by atoms with Crippen molar-refractivity contribution >= 4 is 27.7 Å². The summed E-state index contributed by atoms with van der Waals surface area (Å²) in [6.45, 7) is 0.0746. The molecule has 0 saturated heterocycles. The number of fused-ring (bicyclic) bond motifs is 1. The normalized spacial score (nSPS) is 17.1. The van der Waals surface area contributed by atoms with Gasteiger partial charge in [0.2, 0.25) is 0 Å². The fourth-order valence-corrected chi connectivity index (χ4v) is 3.50. The first kappa shape index (κ1) is 19.6. The Morgan fingerprint density at radius 3 is 2.68 bits per heavy atom. The molecule has 1 amide bonds. The molecule has 3 rings (SSSR count). The molecule has 0 fully saturated rings. The largest absolute Gasteiger partial charge is 0.497 e. The Morgan fingerprint density at radius 2 is 1.96 bits per heavy atom. The zero-order valence-electron chi connectivity index (χ0n) is 15.1. The number of rotatable bonds is 6. The van der Waals surface area contributed by atoms with Crippen LogP contribution in [0.4, 0.5) is 0 Å². The molecule has 0 aliphatic carbocycles. The predicted molar refractivity (Wildman–Crippen MR) is 101 cm³/mol. The van der Waals surface area contributed by atoms with Crippen molar-refractivity contribution in [2.24, 2.45) is 4.40 Å². The van der Waals surface area contributed by atoms with Gasteiger partial charge in [-0.05, 0) is 29.8 Å². The number of ether oxygens (including phenoxy) is 2. The summed E-state index contributed by atoms with van der Waals surface area (Å²) in [4.78, 5) is 25.6. The van der Waals surface area contributed by atoms with E-state index in [0.717, 1.165) is 11.3 Å². The van der Waals surface area contributed by atoms with Crippen LogP contribution in [0.1, 0.15) is 5.56 Å². The van der Waals surface area contributed by atoms with Gasteiger partial charge < -0.3 is 19.7 Å². The first-order valence-electron chi connectivity index (χ1n) is 8.42. The highest BCUT2D eigenvalue weighted by atomic mass is 32.2. The number of carbonyl (C=O) groups is 2. The van der Waals surface area contributed by atoms with Crippen LogP contribution in [-0.2, 0) is 30.9 Å². The molecular formula is C18H19N3O6S. The van der Waals surface area contributed by atoms with Crippen molar-refractivity contribution in [3.05, 3.63) is 53.8 Å². The van der Waals surface area contributed by atoms with Gasteiger partial charge in [0, 0.05) is 19.3 Å². The third-order valence-electron chi connectivity index (χ3n) is 4.04. The molecule has 0 spiro atoms. The van der Waals surface area contributed by atoms with Gasteiger partial charge in [0.15, 0.2) is 6.61 Å². The molecule has 0 atom stereocenters. The zero-order valence-corrected chi connectivity index (χ0v) is 15.9. The SMILES string of the molecule is COc1ccc(CNC(=O)COC(=O)C2=CN3CCS(=O)(=O)N=C3C=C2)cc1. The van der Waals surface area contributed by atoms with Gasteiger partial charge in [-0.2, -0.15) is 0 Å². The Bertz CT molecular complexity index is 964. The van der Waals surface area contributed by atoms with Crippen LogP contribution >= 0.6 is 0 Å². The van der Waals surface area contributed by atoms with Crippen LogP contribution in [0.2, 0.25) is 0 Å². The Labute approximate surface area is 162 Å². The van der Waals surface area contributed by atoms with Crippen molar-refractivity contribution in [2.75, 3.05) is 26.0 Å². The summed E-state index contributed by atoms with van der Waals surface area (Å²) >= 11 is 0. The minimum Gasteiger partial charge on any atom is -0.497 e. The lowest BCUT2D eigenvalue weighted by Crippen LogP contribution is -2.37. The maximum absolute atomic E-state index is 12.1. The molecule has 2 aliphatic heterocycles. The van der Waals surface area contributed by atoms with Crippen molar-refractivity contribution in [3.63, 3.8) is 0 Å². The third-order valence-corrected chi connectivity index (χ3v) is 5.21. The van der Waals surface area contributed by atoms with Gasteiger partial charge in [0.25, 0.3) is 15.9 Å². The van der Waals surface area contributed by atoms with Crippen LogP contribution < -0.4 is 10.1 Å². The van der Waals surface area contributed by atoms with E-state index >= 15 is 0 Å². The maximum atomic E-state index is 12.1. The van der Waals surface area contributed by atoms with E-state index in [2.05, 4.69) is 9.71 Å². The highest BCUT2D eigenvalue weighted by Gasteiger charge is 2.25. The molecule has 2 heterocycles. The van der Waals surface area contributed by atoms with Crippen LogP contribution in [0.5, 0.6) is 5.75 Å². The molecular weight excluding hydrogens is 386 g/mol. The van der Waals surface area contributed by atoms with Crippen molar-refractivity contribution in [1.82, 2.24) is 10.2 Å². The number of benzene rings is 1. The lowest BCUT2D eigenvalue weighted by molar-refractivity contribution is -0.144. The molecule has 1 N–H and O–H groups in total. The topological polar surface area (TPSA) is 114 Å². The van der Waals surface area contributed by atoms with Crippen molar-refractivity contribution in [3.8, 4) is 5.75 Å². The fourth-order valence-electron chi connectivity index (χ4n) is 2.53. The number of hydrogen-bond donors (Lipinski definition) is 1. The first-order valence-corrected chi connectivity index (χ1v) is 10.0. The molecule has 10 heteroatoms. The van der Waals surface area contributed by atoms with Gasteiger partial charge in [0.05, 0.1) is 18.4 Å². The number of sulfonamides is 1. The smallest absolute Gasteiger partial charge is 0.340 e. The number of amidine groups is 1. The number of nitrogens with one attached hydrogen (secondary N) is 1. The van der Waals surface area contributed by atoms with Crippen LogP contribution in [0.25, 0.3) is 0 Å². The maximum Gasteiger partial charge on any atom is 0.340 e. The minimum absolute atomic E-state index is 0.128. The predicted octanol–water partition coefficient (Wildman–Crippen LogP) is 0.352. The molecule has 1 aromatic rings. The summed E-state index contributed by atoms with van der Waals surface area (Å²) in [5, 5.41) is 2.66. The highest BCUT2D eigenvalue weighted by Crippen LogP contribution is 2.16. The third kappa shape index (κ3) is 4.97. The second-order valence-corrected chi connectivity index (χ2v) is 7.80. The van der Waals surface area contributed by atoms with Gasteiger partial charge in [-0.15, -0.1) is 4.40 Å². The molecule has 28 heavy (non-hydrogen) atoms. The number of carbonyl (C=O) groups excluding carboxylic acids is 2. The minimum atomic E-state index is -3.46. The van der Waals surface area contributed by atoms with E-state index < -0.39 is 28.5 Å². The molecule has 0 radical (unpaired) electrons. The molecule has 9 nitrogen and oxygen atoms in total. The van der Waals surface area contributed by atoms with E-state index in [1.54, 1.807) is 24.1 Å². The fraction of sp³-hybridized carbons (Fsp3) is 0.278. The summed E-state index contributed by atoms with van der Waals surface area (Å²) in [6, 6.07) is 7.21. The lowest BCUT2D eigenvalue weighted by Gasteiger charge is -2.26. The Kier molecular flexibility index (Phi) is 5.78.